The minimum absolute atomic E-state index is 0.100. The molecule has 1 aromatic rings. The summed E-state index contributed by atoms with van der Waals surface area (Å²) in [5.41, 5.74) is 0.436. The number of hydrogen-bond acceptors (Lipinski definition) is 3. The van der Waals surface area contributed by atoms with E-state index in [2.05, 4.69) is 0 Å². The summed E-state index contributed by atoms with van der Waals surface area (Å²) in [5, 5.41) is 1.33. The average Bonchev–Trinajstić information content (AvgIpc) is 2.02. The molecule has 13 heavy (non-hydrogen) atoms. The Morgan fingerprint density at radius 1 is 1.38 bits per heavy atom. The number of fused-ring (bicyclic) bond motifs is 1. The van der Waals surface area contributed by atoms with Crippen molar-refractivity contribution in [1.29, 1.82) is 0 Å². The largest absolute Gasteiger partial charge is 0.473 e. The molecule has 0 aromatic heterocycles. The van der Waals surface area contributed by atoms with Crippen LogP contribution in [0.4, 0.5) is 8.78 Å². The zero-order valence-corrected chi connectivity index (χ0v) is 6.76. The Balaban J connectivity index is 2.47. The summed E-state index contributed by atoms with van der Waals surface area (Å²) in [6.45, 7) is 0.416. The Morgan fingerprint density at radius 2 is 2.15 bits per heavy atom. The maximum absolute atomic E-state index is 13.0. The standard InChI is InChI=1S/C8H8F2N2O/c9-6-1-5-3-12(11)4-13-8(5)7(10)2-6/h1-2H,3-4,11H2. The third-order valence-corrected chi connectivity index (χ3v) is 1.83. The van der Waals surface area contributed by atoms with Crippen LogP contribution in [0.25, 0.3) is 0 Å². The maximum atomic E-state index is 13.0. The van der Waals surface area contributed by atoms with Crippen LogP contribution < -0.4 is 10.6 Å². The van der Waals surface area contributed by atoms with E-state index in [-0.39, 0.29) is 12.5 Å². The van der Waals surface area contributed by atoms with Gasteiger partial charge in [-0.3, -0.25) is 5.84 Å². The van der Waals surface area contributed by atoms with Gasteiger partial charge in [0.15, 0.2) is 18.3 Å². The van der Waals surface area contributed by atoms with Gasteiger partial charge in [0, 0.05) is 18.2 Å². The van der Waals surface area contributed by atoms with Crippen molar-refractivity contribution < 1.29 is 13.5 Å². The van der Waals surface area contributed by atoms with Gasteiger partial charge in [-0.1, -0.05) is 0 Å². The molecule has 5 heteroatoms. The Kier molecular flexibility index (Phi) is 1.90. The predicted molar refractivity (Wildman–Crippen MR) is 41.6 cm³/mol. The van der Waals surface area contributed by atoms with E-state index < -0.39 is 11.6 Å². The van der Waals surface area contributed by atoms with Crippen LogP contribution >= 0.6 is 0 Å². The van der Waals surface area contributed by atoms with Crippen molar-refractivity contribution in [3.63, 3.8) is 0 Å². The van der Waals surface area contributed by atoms with Gasteiger partial charge in [0.1, 0.15) is 5.82 Å². The second-order valence-electron chi connectivity index (χ2n) is 2.90. The van der Waals surface area contributed by atoms with Crippen molar-refractivity contribution in [3.8, 4) is 5.75 Å². The van der Waals surface area contributed by atoms with E-state index in [9.17, 15) is 8.78 Å². The Morgan fingerprint density at radius 3 is 2.92 bits per heavy atom. The van der Waals surface area contributed by atoms with Gasteiger partial charge in [-0.25, -0.2) is 13.8 Å². The lowest BCUT2D eigenvalue weighted by atomic mass is 10.1. The van der Waals surface area contributed by atoms with E-state index in [1.54, 1.807) is 0 Å². The van der Waals surface area contributed by atoms with E-state index in [4.69, 9.17) is 10.6 Å². The van der Waals surface area contributed by atoms with Crippen LogP contribution in [0.2, 0.25) is 0 Å². The molecule has 0 amide bonds. The van der Waals surface area contributed by atoms with E-state index in [1.807, 2.05) is 0 Å². The quantitative estimate of drug-likeness (QED) is 0.614. The van der Waals surface area contributed by atoms with Gasteiger partial charge in [0.25, 0.3) is 0 Å². The number of halogens is 2. The second-order valence-corrected chi connectivity index (χ2v) is 2.90. The van der Waals surface area contributed by atoms with E-state index in [0.29, 0.717) is 12.1 Å². The molecule has 1 aliphatic rings. The number of ether oxygens (including phenoxy) is 1. The molecule has 0 saturated carbocycles. The number of nitrogens with zero attached hydrogens (tertiary/aromatic N) is 1. The summed E-state index contributed by atoms with van der Waals surface area (Å²) in [5.74, 6) is 4.22. The first kappa shape index (κ1) is 8.40. The van der Waals surface area contributed by atoms with Crippen molar-refractivity contribution >= 4 is 0 Å². The molecule has 1 heterocycles. The Labute approximate surface area is 73.7 Å². The van der Waals surface area contributed by atoms with E-state index in [0.717, 1.165) is 6.07 Å². The number of nitrogens with two attached hydrogens (primary N) is 1. The highest BCUT2D eigenvalue weighted by atomic mass is 19.1. The summed E-state index contributed by atoms with van der Waals surface area (Å²) in [4.78, 5) is 0. The van der Waals surface area contributed by atoms with Gasteiger partial charge in [0.05, 0.1) is 0 Å². The molecule has 1 aromatic carbocycles. The molecular formula is C8H8F2N2O. The average molecular weight is 186 g/mol. The van der Waals surface area contributed by atoms with Crippen molar-refractivity contribution in [2.45, 2.75) is 6.54 Å². The van der Waals surface area contributed by atoms with Gasteiger partial charge in [-0.15, -0.1) is 0 Å². The predicted octanol–water partition coefficient (Wildman–Crippen LogP) is 0.990. The molecule has 0 saturated heterocycles. The van der Waals surface area contributed by atoms with Crippen LogP contribution in [-0.2, 0) is 6.54 Å². The molecule has 2 rings (SSSR count). The van der Waals surface area contributed by atoms with E-state index >= 15 is 0 Å². The first-order valence-electron chi connectivity index (χ1n) is 3.77. The van der Waals surface area contributed by atoms with Crippen LogP contribution in [-0.4, -0.2) is 11.7 Å². The molecule has 0 spiro atoms. The SMILES string of the molecule is NN1COc2c(F)cc(F)cc2C1. The highest BCUT2D eigenvalue weighted by molar-refractivity contribution is 5.36. The molecule has 0 aliphatic carbocycles. The van der Waals surface area contributed by atoms with Gasteiger partial charge in [0.2, 0.25) is 0 Å². The molecule has 0 radical (unpaired) electrons. The van der Waals surface area contributed by atoms with Crippen molar-refractivity contribution in [2.75, 3.05) is 6.73 Å². The minimum Gasteiger partial charge on any atom is -0.473 e. The van der Waals surface area contributed by atoms with Crippen molar-refractivity contribution in [1.82, 2.24) is 5.01 Å². The number of benzene rings is 1. The smallest absolute Gasteiger partial charge is 0.168 e. The minimum atomic E-state index is -0.678. The zero-order chi connectivity index (χ0) is 9.42. The zero-order valence-electron chi connectivity index (χ0n) is 6.76. The lowest BCUT2D eigenvalue weighted by molar-refractivity contribution is 0.0911. The molecule has 0 fully saturated rings. The number of hydrazine groups is 1. The fourth-order valence-electron chi connectivity index (χ4n) is 1.30. The highest BCUT2D eigenvalue weighted by Crippen LogP contribution is 2.27. The van der Waals surface area contributed by atoms with Crippen LogP contribution in [0.1, 0.15) is 5.56 Å². The van der Waals surface area contributed by atoms with Gasteiger partial charge in [-0.2, -0.15) is 0 Å². The lowest BCUT2D eigenvalue weighted by Gasteiger charge is -2.25. The van der Waals surface area contributed by atoms with Gasteiger partial charge in [-0.05, 0) is 6.07 Å². The molecule has 1 aliphatic heterocycles. The highest BCUT2D eigenvalue weighted by Gasteiger charge is 2.19. The monoisotopic (exact) mass is 186 g/mol. The molecule has 0 bridgehead atoms. The second kappa shape index (κ2) is 2.93. The first-order chi connectivity index (χ1) is 6.16. The summed E-state index contributed by atoms with van der Waals surface area (Å²) < 4.78 is 30.7. The summed E-state index contributed by atoms with van der Waals surface area (Å²) in [7, 11) is 0. The molecule has 0 unspecified atom stereocenters. The third-order valence-electron chi connectivity index (χ3n) is 1.83. The van der Waals surface area contributed by atoms with Crippen LogP contribution in [0, 0.1) is 11.6 Å². The topological polar surface area (TPSA) is 38.5 Å². The van der Waals surface area contributed by atoms with Gasteiger partial charge >= 0.3 is 0 Å². The fraction of sp³-hybridized carbons (Fsp3) is 0.250. The van der Waals surface area contributed by atoms with Crippen molar-refractivity contribution in [2.24, 2.45) is 5.84 Å². The third kappa shape index (κ3) is 1.48. The van der Waals surface area contributed by atoms with Gasteiger partial charge < -0.3 is 4.74 Å². The molecule has 0 atom stereocenters. The van der Waals surface area contributed by atoms with Crippen LogP contribution in [0.3, 0.4) is 0 Å². The summed E-state index contributed by atoms with van der Waals surface area (Å²) in [6.07, 6.45) is 0. The maximum Gasteiger partial charge on any atom is 0.168 e. The normalized spacial score (nSPS) is 16.5. The Hall–Kier alpha value is -1.20. The molecule has 2 N–H and O–H groups in total. The summed E-state index contributed by atoms with van der Waals surface area (Å²) in [6, 6.07) is 2.02. The molecule has 3 nitrogen and oxygen atoms in total. The fourth-order valence-corrected chi connectivity index (χ4v) is 1.30. The Bertz CT molecular complexity index is 343. The summed E-state index contributed by atoms with van der Waals surface area (Å²) >= 11 is 0. The van der Waals surface area contributed by atoms with Crippen molar-refractivity contribution in [3.05, 3.63) is 29.3 Å². The lowest BCUT2D eigenvalue weighted by Crippen LogP contribution is -2.37. The number of hydrogen-bond donors (Lipinski definition) is 1. The molecular weight excluding hydrogens is 178 g/mol. The number of rotatable bonds is 0. The van der Waals surface area contributed by atoms with E-state index in [1.165, 1.54) is 11.1 Å². The first-order valence-corrected chi connectivity index (χ1v) is 3.77. The van der Waals surface area contributed by atoms with Crippen LogP contribution in [0.5, 0.6) is 5.75 Å². The molecule has 70 valence electrons. The van der Waals surface area contributed by atoms with Crippen LogP contribution in [0.15, 0.2) is 12.1 Å².